The molecule has 2 aromatic rings. The van der Waals surface area contributed by atoms with Gasteiger partial charge in [0.05, 0.1) is 18.7 Å². The highest BCUT2D eigenvalue weighted by Gasteiger charge is 2.43. The summed E-state index contributed by atoms with van der Waals surface area (Å²) in [5.41, 5.74) is 3.84. The number of carbonyl (C=O) groups is 1. The first-order valence-electron chi connectivity index (χ1n) is 9.45. The van der Waals surface area contributed by atoms with Gasteiger partial charge in [-0.05, 0) is 55.5 Å². The second-order valence-corrected chi connectivity index (χ2v) is 7.79. The fourth-order valence-electron chi connectivity index (χ4n) is 4.77. The van der Waals surface area contributed by atoms with Crippen LogP contribution >= 0.6 is 0 Å². The number of H-pyrrole nitrogens is 1. The molecule has 2 aliphatic heterocycles. The number of hydrogen-bond donors (Lipinski definition) is 2. The van der Waals surface area contributed by atoms with Gasteiger partial charge < -0.3 is 15.0 Å². The zero-order valence-corrected chi connectivity index (χ0v) is 15.0. The number of nitrogens with one attached hydrogen (secondary N) is 2. The van der Waals surface area contributed by atoms with Gasteiger partial charge >= 0.3 is 0 Å². The number of rotatable bonds is 3. The highest BCUT2D eigenvalue weighted by Crippen LogP contribution is 2.37. The van der Waals surface area contributed by atoms with E-state index in [2.05, 4.69) is 45.7 Å². The molecule has 1 amide bonds. The highest BCUT2D eigenvalue weighted by molar-refractivity contribution is 6.05. The Bertz CT molecular complexity index is 885. The lowest BCUT2D eigenvalue weighted by Crippen LogP contribution is -2.44. The zero-order chi connectivity index (χ0) is 17.7. The van der Waals surface area contributed by atoms with Gasteiger partial charge in [0.2, 0.25) is 0 Å². The Morgan fingerprint density at radius 3 is 3.04 bits per heavy atom. The van der Waals surface area contributed by atoms with Crippen molar-refractivity contribution in [2.75, 3.05) is 26.8 Å². The van der Waals surface area contributed by atoms with Crippen molar-refractivity contribution in [3.8, 4) is 0 Å². The predicted octanol–water partition coefficient (Wildman–Crippen LogP) is 2.19. The van der Waals surface area contributed by atoms with E-state index in [0.29, 0.717) is 24.3 Å². The summed E-state index contributed by atoms with van der Waals surface area (Å²) in [7, 11) is 2.18. The van der Waals surface area contributed by atoms with Crippen LogP contribution in [0.15, 0.2) is 24.3 Å². The molecule has 3 aliphatic rings. The number of benzene rings is 1. The van der Waals surface area contributed by atoms with Gasteiger partial charge in [-0.1, -0.05) is 12.1 Å². The molecule has 3 atom stereocenters. The molecule has 1 saturated heterocycles. The Hall–Kier alpha value is -2.18. The number of nitrogens with zero attached hydrogens (tertiary/aromatic N) is 2. The number of ether oxygens (including phenoxy) is 1. The van der Waals surface area contributed by atoms with Crippen LogP contribution < -0.4 is 5.32 Å². The van der Waals surface area contributed by atoms with Crippen molar-refractivity contribution < 1.29 is 9.53 Å². The van der Waals surface area contributed by atoms with E-state index < -0.39 is 0 Å². The third-order valence-corrected chi connectivity index (χ3v) is 6.24. The molecule has 3 heterocycles. The molecule has 1 saturated carbocycles. The van der Waals surface area contributed by atoms with Gasteiger partial charge in [-0.2, -0.15) is 5.10 Å². The number of piperidine rings is 1. The molecular formula is C20H24N4O2. The van der Waals surface area contributed by atoms with Gasteiger partial charge in [0.1, 0.15) is 0 Å². The maximum Gasteiger partial charge on any atom is 0.272 e. The smallest absolute Gasteiger partial charge is 0.272 e. The lowest BCUT2D eigenvalue weighted by atomic mass is 9.99. The summed E-state index contributed by atoms with van der Waals surface area (Å²) in [6, 6.07) is 7.08. The van der Waals surface area contributed by atoms with E-state index >= 15 is 0 Å². The van der Waals surface area contributed by atoms with E-state index in [-0.39, 0.29) is 11.9 Å². The van der Waals surface area contributed by atoms with Gasteiger partial charge in [-0.3, -0.25) is 9.89 Å². The normalized spacial score (nSPS) is 28.5. The van der Waals surface area contributed by atoms with Crippen LogP contribution in [0.25, 0.3) is 16.5 Å². The fraction of sp³-hybridized carbons (Fsp3) is 0.500. The maximum absolute atomic E-state index is 12.9. The standard InChI is InChI=1S/C20H24N4O2/c1-24-11-14-8-15(24)10-18(14)21-20(25)19-16-9-13(2-3-17(16)22-23-19)12-4-6-26-7-5-12/h2-4,9,14-15,18H,5-8,10-11H2,1H3,(H,21,25)(H,22,23). The lowest BCUT2D eigenvalue weighted by Gasteiger charge is -2.28. The molecule has 2 N–H and O–H groups in total. The van der Waals surface area contributed by atoms with Gasteiger partial charge in [-0.25, -0.2) is 0 Å². The fourth-order valence-corrected chi connectivity index (χ4v) is 4.77. The molecule has 136 valence electrons. The Morgan fingerprint density at radius 2 is 2.31 bits per heavy atom. The Balaban J connectivity index is 1.40. The molecule has 6 heteroatoms. The first-order valence-corrected chi connectivity index (χ1v) is 9.45. The molecule has 2 fully saturated rings. The first kappa shape index (κ1) is 16.0. The van der Waals surface area contributed by atoms with E-state index in [1.54, 1.807) is 0 Å². The van der Waals surface area contributed by atoms with E-state index in [1.165, 1.54) is 12.0 Å². The van der Waals surface area contributed by atoms with E-state index in [0.717, 1.165) is 42.5 Å². The molecule has 0 spiro atoms. The van der Waals surface area contributed by atoms with Crippen LogP contribution in [0.2, 0.25) is 0 Å². The molecule has 0 radical (unpaired) electrons. The topological polar surface area (TPSA) is 70.2 Å². The van der Waals surface area contributed by atoms with Gasteiger partial charge in [0.25, 0.3) is 5.91 Å². The molecule has 26 heavy (non-hydrogen) atoms. The van der Waals surface area contributed by atoms with Crippen LogP contribution in [0.5, 0.6) is 0 Å². The molecule has 3 unspecified atom stereocenters. The lowest BCUT2D eigenvalue weighted by molar-refractivity contribution is 0.0909. The zero-order valence-electron chi connectivity index (χ0n) is 15.0. The minimum absolute atomic E-state index is 0.0606. The first-order chi connectivity index (χ1) is 12.7. The van der Waals surface area contributed by atoms with E-state index in [4.69, 9.17) is 4.74 Å². The molecule has 1 aromatic carbocycles. The molecular weight excluding hydrogens is 328 g/mol. The van der Waals surface area contributed by atoms with Gasteiger partial charge in [0, 0.05) is 24.0 Å². The van der Waals surface area contributed by atoms with Crippen molar-refractivity contribution in [3.05, 3.63) is 35.5 Å². The highest BCUT2D eigenvalue weighted by atomic mass is 16.5. The van der Waals surface area contributed by atoms with Crippen LogP contribution in [0, 0.1) is 5.92 Å². The summed E-state index contributed by atoms with van der Waals surface area (Å²) >= 11 is 0. The number of fused-ring (bicyclic) bond motifs is 3. The van der Waals surface area contributed by atoms with Crippen LogP contribution in [0.3, 0.4) is 0 Å². The van der Waals surface area contributed by atoms with Gasteiger partial charge in [-0.15, -0.1) is 0 Å². The van der Waals surface area contributed by atoms with Crippen molar-refractivity contribution in [3.63, 3.8) is 0 Å². The minimum Gasteiger partial charge on any atom is -0.377 e. The summed E-state index contributed by atoms with van der Waals surface area (Å²) in [4.78, 5) is 15.3. The second kappa shape index (κ2) is 6.21. The number of likely N-dealkylation sites (tertiary alicyclic amines) is 1. The summed E-state index contributed by atoms with van der Waals surface area (Å²) in [5, 5.41) is 11.4. The molecule has 6 nitrogen and oxygen atoms in total. The number of carbonyl (C=O) groups excluding carboxylic acids is 1. The quantitative estimate of drug-likeness (QED) is 0.888. The SMILES string of the molecule is CN1CC2CC1CC2NC(=O)c1n[nH]c2ccc(C3=CCOCC3)cc12. The number of aromatic nitrogens is 2. The molecule has 1 aromatic heterocycles. The van der Waals surface area contributed by atoms with Gasteiger partial charge in [0.15, 0.2) is 5.69 Å². The van der Waals surface area contributed by atoms with Crippen molar-refractivity contribution in [1.29, 1.82) is 0 Å². The molecule has 1 aliphatic carbocycles. The third-order valence-electron chi connectivity index (χ3n) is 6.24. The summed E-state index contributed by atoms with van der Waals surface area (Å²) in [5.74, 6) is 0.511. The predicted molar refractivity (Wildman–Crippen MR) is 99.9 cm³/mol. The summed E-state index contributed by atoms with van der Waals surface area (Å²) in [6.07, 6.45) is 5.27. The van der Waals surface area contributed by atoms with Crippen molar-refractivity contribution in [2.24, 2.45) is 5.92 Å². The Labute approximate surface area is 152 Å². The van der Waals surface area contributed by atoms with Crippen molar-refractivity contribution >= 4 is 22.4 Å². The summed E-state index contributed by atoms with van der Waals surface area (Å²) < 4.78 is 5.40. The largest absolute Gasteiger partial charge is 0.377 e. The minimum atomic E-state index is -0.0606. The third kappa shape index (κ3) is 2.64. The number of amides is 1. The van der Waals surface area contributed by atoms with E-state index in [9.17, 15) is 4.79 Å². The molecule has 2 bridgehead atoms. The molecule has 5 rings (SSSR count). The average molecular weight is 352 g/mol. The van der Waals surface area contributed by atoms with Crippen molar-refractivity contribution in [2.45, 2.75) is 31.3 Å². The maximum atomic E-state index is 12.9. The Kier molecular flexibility index (Phi) is 3.83. The Morgan fingerprint density at radius 1 is 1.38 bits per heavy atom. The second-order valence-electron chi connectivity index (χ2n) is 7.79. The number of aromatic amines is 1. The summed E-state index contributed by atoms with van der Waals surface area (Å²) in [6.45, 7) is 2.49. The van der Waals surface area contributed by atoms with E-state index in [1.807, 2.05) is 6.07 Å². The monoisotopic (exact) mass is 352 g/mol. The van der Waals surface area contributed by atoms with Crippen LogP contribution in [0.4, 0.5) is 0 Å². The van der Waals surface area contributed by atoms with Crippen LogP contribution in [-0.4, -0.2) is 59.9 Å². The van der Waals surface area contributed by atoms with Crippen LogP contribution in [0.1, 0.15) is 35.3 Å². The average Bonchev–Trinajstić information content (AvgIpc) is 3.35. The van der Waals surface area contributed by atoms with Crippen molar-refractivity contribution in [1.82, 2.24) is 20.4 Å². The van der Waals surface area contributed by atoms with Crippen LogP contribution in [-0.2, 0) is 4.74 Å². The number of hydrogen-bond acceptors (Lipinski definition) is 4.